The molecule has 1 fully saturated rings. The molecule has 2 N–H and O–H groups in total. The number of benzene rings is 1. The minimum atomic E-state index is -0.0684. The Balaban J connectivity index is 1.64. The highest BCUT2D eigenvalue weighted by Gasteiger charge is 2.53. The number of aliphatic hydroxyl groups excluding tert-OH is 1. The van der Waals surface area contributed by atoms with E-state index >= 15 is 0 Å². The number of fused-ring (bicyclic) bond motifs is 3. The van der Waals surface area contributed by atoms with Gasteiger partial charge in [-0.05, 0) is 37.6 Å². The summed E-state index contributed by atoms with van der Waals surface area (Å²) in [5.41, 5.74) is 3.07. The van der Waals surface area contributed by atoms with Gasteiger partial charge in [0, 0.05) is 49.0 Å². The summed E-state index contributed by atoms with van der Waals surface area (Å²) >= 11 is 0. The molecule has 2 amide bonds. The van der Waals surface area contributed by atoms with Gasteiger partial charge in [0.1, 0.15) is 0 Å². The molecule has 1 aromatic carbocycles. The van der Waals surface area contributed by atoms with Crippen LogP contribution in [-0.2, 0) is 6.54 Å². The van der Waals surface area contributed by atoms with E-state index in [-0.39, 0.29) is 36.7 Å². The van der Waals surface area contributed by atoms with Crippen LogP contribution in [0.3, 0.4) is 0 Å². The summed E-state index contributed by atoms with van der Waals surface area (Å²) < 4.78 is 0. The Hall–Kier alpha value is -2.44. The molecule has 2 aromatic rings. The van der Waals surface area contributed by atoms with E-state index in [1.165, 1.54) is 0 Å². The molecule has 2 aliphatic rings. The number of likely N-dealkylation sites (tertiary alicyclic amines) is 1. The highest BCUT2D eigenvalue weighted by atomic mass is 16.3. The summed E-state index contributed by atoms with van der Waals surface area (Å²) in [6.07, 6.45) is 1.79. The Morgan fingerprint density at radius 1 is 1.26 bits per heavy atom. The van der Waals surface area contributed by atoms with E-state index < -0.39 is 0 Å². The Labute approximate surface area is 159 Å². The van der Waals surface area contributed by atoms with Gasteiger partial charge in [-0.1, -0.05) is 24.3 Å². The fourth-order valence-corrected chi connectivity index (χ4v) is 4.40. The van der Waals surface area contributed by atoms with Gasteiger partial charge < -0.3 is 10.4 Å². The van der Waals surface area contributed by atoms with Gasteiger partial charge in [-0.3, -0.25) is 14.8 Å². The Morgan fingerprint density at radius 2 is 2.04 bits per heavy atom. The van der Waals surface area contributed by atoms with Crippen molar-refractivity contribution >= 4 is 11.7 Å². The average Bonchev–Trinajstić information content (AvgIpc) is 2.66. The zero-order valence-corrected chi connectivity index (χ0v) is 15.7. The number of hydrogen-bond acceptors (Lipinski definition) is 4. The van der Waals surface area contributed by atoms with Gasteiger partial charge in [0.2, 0.25) is 0 Å². The predicted octanol–water partition coefficient (Wildman–Crippen LogP) is 2.35. The largest absolute Gasteiger partial charge is 0.395 e. The van der Waals surface area contributed by atoms with Gasteiger partial charge in [-0.2, -0.15) is 0 Å². The van der Waals surface area contributed by atoms with Crippen LogP contribution in [0.25, 0.3) is 0 Å². The van der Waals surface area contributed by atoms with Crippen LogP contribution in [0.15, 0.2) is 48.7 Å². The molecule has 2 aliphatic heterocycles. The van der Waals surface area contributed by atoms with Crippen molar-refractivity contribution in [2.45, 2.75) is 44.4 Å². The SMILES string of the molecule is CC(C)NC(=O)N1C[C@H]2[C@@H](c3ccccc31)[C@H](CO)N2Cc1ccccn1. The van der Waals surface area contributed by atoms with E-state index in [9.17, 15) is 9.90 Å². The molecule has 0 spiro atoms. The fourth-order valence-electron chi connectivity index (χ4n) is 4.40. The van der Waals surface area contributed by atoms with E-state index in [0.29, 0.717) is 13.1 Å². The third-order valence-electron chi connectivity index (χ3n) is 5.55. The molecule has 6 heteroatoms. The first-order valence-corrected chi connectivity index (χ1v) is 9.53. The van der Waals surface area contributed by atoms with Crippen LogP contribution in [0.1, 0.15) is 31.0 Å². The number of carbonyl (C=O) groups excluding carboxylic acids is 1. The lowest BCUT2D eigenvalue weighted by Gasteiger charge is -2.59. The summed E-state index contributed by atoms with van der Waals surface area (Å²) in [6, 6.07) is 14.2. The van der Waals surface area contributed by atoms with Crippen LogP contribution in [0.2, 0.25) is 0 Å². The molecule has 142 valence electrons. The minimum Gasteiger partial charge on any atom is -0.395 e. The number of nitrogens with zero attached hydrogens (tertiary/aromatic N) is 3. The van der Waals surface area contributed by atoms with Gasteiger partial charge in [0.25, 0.3) is 0 Å². The van der Waals surface area contributed by atoms with Crippen molar-refractivity contribution in [3.05, 3.63) is 59.9 Å². The molecule has 3 atom stereocenters. The molecule has 6 nitrogen and oxygen atoms in total. The quantitative estimate of drug-likeness (QED) is 0.872. The van der Waals surface area contributed by atoms with Crippen molar-refractivity contribution in [2.24, 2.45) is 0 Å². The lowest BCUT2D eigenvalue weighted by molar-refractivity contribution is -0.0493. The lowest BCUT2D eigenvalue weighted by atomic mass is 9.72. The van der Waals surface area contributed by atoms with Crippen LogP contribution >= 0.6 is 0 Å². The molecule has 0 aliphatic carbocycles. The molecule has 1 saturated heterocycles. The van der Waals surface area contributed by atoms with Crippen LogP contribution < -0.4 is 10.2 Å². The zero-order chi connectivity index (χ0) is 19.0. The molecule has 0 saturated carbocycles. The van der Waals surface area contributed by atoms with Crippen molar-refractivity contribution < 1.29 is 9.90 Å². The summed E-state index contributed by atoms with van der Waals surface area (Å²) in [7, 11) is 0. The van der Waals surface area contributed by atoms with Crippen LogP contribution in [0.5, 0.6) is 0 Å². The van der Waals surface area contributed by atoms with Crippen molar-refractivity contribution in [1.82, 2.24) is 15.2 Å². The number of aromatic nitrogens is 1. The van der Waals surface area contributed by atoms with Crippen molar-refractivity contribution in [3.8, 4) is 0 Å². The second-order valence-corrected chi connectivity index (χ2v) is 7.61. The van der Waals surface area contributed by atoms with Crippen LogP contribution in [-0.4, -0.2) is 52.3 Å². The van der Waals surface area contributed by atoms with Crippen molar-refractivity contribution in [3.63, 3.8) is 0 Å². The monoisotopic (exact) mass is 366 g/mol. The van der Waals surface area contributed by atoms with Gasteiger partial charge in [-0.15, -0.1) is 0 Å². The van der Waals surface area contributed by atoms with E-state index in [1.807, 2.05) is 55.1 Å². The Morgan fingerprint density at radius 3 is 2.74 bits per heavy atom. The van der Waals surface area contributed by atoms with Crippen LogP contribution in [0, 0.1) is 0 Å². The molecular formula is C21H26N4O2. The number of amides is 2. The zero-order valence-electron chi connectivity index (χ0n) is 15.7. The number of pyridine rings is 1. The van der Waals surface area contributed by atoms with E-state index in [4.69, 9.17) is 0 Å². The van der Waals surface area contributed by atoms with Crippen LogP contribution in [0.4, 0.5) is 10.5 Å². The van der Waals surface area contributed by atoms with Gasteiger partial charge in [0.05, 0.1) is 12.3 Å². The molecule has 3 heterocycles. The third-order valence-corrected chi connectivity index (χ3v) is 5.55. The first-order chi connectivity index (χ1) is 13.1. The third kappa shape index (κ3) is 3.19. The molecule has 27 heavy (non-hydrogen) atoms. The molecule has 1 aromatic heterocycles. The summed E-state index contributed by atoms with van der Waals surface area (Å²) in [5, 5.41) is 13.0. The van der Waals surface area contributed by atoms with E-state index in [0.717, 1.165) is 16.9 Å². The van der Waals surface area contributed by atoms with Crippen molar-refractivity contribution in [2.75, 3.05) is 18.1 Å². The molecule has 0 unspecified atom stereocenters. The second-order valence-electron chi connectivity index (χ2n) is 7.61. The number of urea groups is 1. The summed E-state index contributed by atoms with van der Waals surface area (Å²) in [6.45, 7) is 5.32. The fraction of sp³-hybridized carbons (Fsp3) is 0.429. The number of carbonyl (C=O) groups is 1. The lowest BCUT2D eigenvalue weighted by Crippen LogP contribution is -2.69. The first-order valence-electron chi connectivity index (χ1n) is 9.53. The van der Waals surface area contributed by atoms with E-state index in [1.54, 1.807) is 6.20 Å². The topological polar surface area (TPSA) is 68.7 Å². The normalized spacial score (nSPS) is 24.1. The van der Waals surface area contributed by atoms with Crippen molar-refractivity contribution in [1.29, 1.82) is 0 Å². The molecule has 0 bridgehead atoms. The summed E-state index contributed by atoms with van der Waals surface area (Å²) in [5.74, 6) is 0.234. The molecule has 0 radical (unpaired) electrons. The number of aliphatic hydroxyl groups is 1. The maximum atomic E-state index is 12.8. The maximum absolute atomic E-state index is 12.8. The predicted molar refractivity (Wildman–Crippen MR) is 105 cm³/mol. The number of para-hydroxylation sites is 1. The van der Waals surface area contributed by atoms with Gasteiger partial charge in [-0.25, -0.2) is 4.79 Å². The molecule has 4 rings (SSSR count). The standard InChI is InChI=1S/C21H26N4O2/c1-14(2)23-21(27)25-12-18-20(16-8-3-4-9-17(16)25)19(13-26)24(18)11-15-7-5-6-10-22-15/h3-10,14,18-20,26H,11-13H2,1-2H3,(H,23,27)/t18-,19-,20+/m0/s1. The number of rotatable bonds is 4. The number of anilines is 1. The highest BCUT2D eigenvalue weighted by Crippen LogP contribution is 2.48. The minimum absolute atomic E-state index is 0.0495. The Bertz CT molecular complexity index is 811. The maximum Gasteiger partial charge on any atom is 0.322 e. The molecular weight excluding hydrogens is 340 g/mol. The highest BCUT2D eigenvalue weighted by molar-refractivity contribution is 5.94. The number of hydrogen-bond donors (Lipinski definition) is 2. The van der Waals surface area contributed by atoms with Gasteiger partial charge in [0.15, 0.2) is 0 Å². The first kappa shape index (κ1) is 17.9. The smallest absolute Gasteiger partial charge is 0.322 e. The van der Waals surface area contributed by atoms with Gasteiger partial charge >= 0.3 is 6.03 Å². The Kier molecular flexibility index (Phi) is 4.85. The summed E-state index contributed by atoms with van der Waals surface area (Å²) in [4.78, 5) is 21.3. The van der Waals surface area contributed by atoms with E-state index in [2.05, 4.69) is 21.3 Å². The number of nitrogens with one attached hydrogen (secondary N) is 1. The second kappa shape index (κ2) is 7.29. The average molecular weight is 366 g/mol.